The molecule has 3 aromatic carbocycles. The maximum atomic E-state index is 5.02. The second-order valence-electron chi connectivity index (χ2n) is 12.6. The summed E-state index contributed by atoms with van der Waals surface area (Å²) in [7, 11) is 0. The van der Waals surface area contributed by atoms with Crippen molar-refractivity contribution in [2.45, 2.75) is 12.8 Å². The van der Waals surface area contributed by atoms with Crippen LogP contribution in [0.1, 0.15) is 17.7 Å². The van der Waals surface area contributed by atoms with E-state index in [4.69, 9.17) is 9.97 Å². The molecule has 236 valence electrons. The Bertz CT molecular complexity index is 2680. The molecule has 0 fully saturated rings. The van der Waals surface area contributed by atoms with Crippen molar-refractivity contribution in [2.24, 2.45) is 0 Å². The van der Waals surface area contributed by atoms with Crippen LogP contribution >= 0.6 is 0 Å². The standard InChI is InChI=1S/C44H30N6/c1-2-12-30(13-3-1)49-41-20-5-4-14-33(41)34-16-10-15-32(43(34)49)29-21-22-42-36(26-29)35-17-11-25-47-44(35)50(42)31-27-39(37-18-6-8-23-45-37)48-40(28-31)38-19-7-9-24-46-38/h1-3,5-13,15-28H,4,14H2. The maximum Gasteiger partial charge on any atom is 0.145 e. The molecule has 0 bridgehead atoms. The Hall–Kier alpha value is -6.66. The SMILES string of the molecule is C1=Cc2c(c3cccc(-c4ccc5c(c4)c4cccnc4n5-c4cc(-c5ccccn5)nc(-c5ccccn5)c4)c3n2-c2ccccc2)CC1. The Morgan fingerprint density at radius 1 is 0.520 bits per heavy atom. The van der Waals surface area contributed by atoms with Gasteiger partial charge in [-0.3, -0.25) is 14.5 Å². The van der Waals surface area contributed by atoms with Gasteiger partial charge in [0.2, 0.25) is 0 Å². The molecule has 0 atom stereocenters. The molecule has 0 N–H and O–H groups in total. The lowest BCUT2D eigenvalue weighted by Crippen LogP contribution is -2.00. The number of benzene rings is 3. The van der Waals surface area contributed by atoms with Crippen LogP contribution in [0.2, 0.25) is 0 Å². The minimum atomic E-state index is 0.776. The second-order valence-corrected chi connectivity index (χ2v) is 12.6. The van der Waals surface area contributed by atoms with Crippen molar-refractivity contribution in [3.63, 3.8) is 0 Å². The second kappa shape index (κ2) is 11.5. The van der Waals surface area contributed by atoms with E-state index in [1.165, 1.54) is 39.0 Å². The van der Waals surface area contributed by atoms with E-state index in [0.717, 1.165) is 63.2 Å². The molecule has 6 nitrogen and oxygen atoms in total. The first-order valence-corrected chi connectivity index (χ1v) is 16.9. The quantitative estimate of drug-likeness (QED) is 0.187. The highest BCUT2D eigenvalue weighted by Gasteiger charge is 2.22. The van der Waals surface area contributed by atoms with E-state index in [1.54, 1.807) is 12.4 Å². The number of aryl methyl sites for hydroxylation is 1. The summed E-state index contributed by atoms with van der Waals surface area (Å²) in [5.74, 6) is 0. The highest BCUT2D eigenvalue weighted by atomic mass is 15.1. The van der Waals surface area contributed by atoms with E-state index in [1.807, 2.05) is 48.7 Å². The predicted molar refractivity (Wildman–Crippen MR) is 202 cm³/mol. The first-order valence-electron chi connectivity index (χ1n) is 16.9. The lowest BCUT2D eigenvalue weighted by Gasteiger charge is -2.14. The number of rotatable bonds is 5. The van der Waals surface area contributed by atoms with Crippen molar-refractivity contribution in [2.75, 3.05) is 0 Å². The molecule has 0 aliphatic heterocycles. The Kier molecular flexibility index (Phi) is 6.52. The molecule has 0 amide bonds. The zero-order chi connectivity index (χ0) is 33.0. The van der Waals surface area contributed by atoms with Crippen LogP contribution in [0.15, 0.2) is 152 Å². The molecule has 0 spiro atoms. The van der Waals surface area contributed by atoms with Crippen molar-refractivity contribution >= 4 is 38.9 Å². The number of allylic oxidation sites excluding steroid dienone is 1. The number of hydrogen-bond donors (Lipinski definition) is 0. The van der Waals surface area contributed by atoms with Gasteiger partial charge in [-0.15, -0.1) is 0 Å². The average Bonchev–Trinajstić information content (AvgIpc) is 3.71. The maximum absolute atomic E-state index is 5.02. The van der Waals surface area contributed by atoms with E-state index in [-0.39, 0.29) is 0 Å². The van der Waals surface area contributed by atoms with Gasteiger partial charge < -0.3 is 4.57 Å². The van der Waals surface area contributed by atoms with Gasteiger partial charge in [0.15, 0.2) is 0 Å². The lowest BCUT2D eigenvalue weighted by atomic mass is 9.97. The fourth-order valence-electron chi connectivity index (χ4n) is 7.57. The van der Waals surface area contributed by atoms with Gasteiger partial charge >= 0.3 is 0 Å². The van der Waals surface area contributed by atoms with Crippen molar-refractivity contribution < 1.29 is 0 Å². The Morgan fingerprint density at radius 3 is 2.02 bits per heavy atom. The third-order valence-electron chi connectivity index (χ3n) is 9.75. The molecule has 1 aliphatic carbocycles. The van der Waals surface area contributed by atoms with Crippen LogP contribution in [0.25, 0.3) is 84.2 Å². The molecule has 10 rings (SSSR count). The van der Waals surface area contributed by atoms with Crippen LogP contribution in [0.3, 0.4) is 0 Å². The zero-order valence-corrected chi connectivity index (χ0v) is 27.1. The summed E-state index contributed by atoms with van der Waals surface area (Å²) in [6, 6.07) is 44.5. The van der Waals surface area contributed by atoms with Crippen LogP contribution < -0.4 is 0 Å². The van der Waals surface area contributed by atoms with Gasteiger partial charge in [0.05, 0.1) is 39.5 Å². The molecule has 6 heteroatoms. The van der Waals surface area contributed by atoms with Gasteiger partial charge in [0, 0.05) is 51.7 Å². The molecule has 6 aromatic heterocycles. The van der Waals surface area contributed by atoms with Crippen LogP contribution in [0.4, 0.5) is 0 Å². The van der Waals surface area contributed by atoms with Gasteiger partial charge in [-0.25, -0.2) is 9.97 Å². The minimum Gasteiger partial charge on any atom is -0.309 e. The largest absolute Gasteiger partial charge is 0.309 e. The number of fused-ring (bicyclic) bond motifs is 6. The van der Waals surface area contributed by atoms with E-state index in [9.17, 15) is 0 Å². The number of aromatic nitrogens is 6. The lowest BCUT2D eigenvalue weighted by molar-refractivity contribution is 0.968. The van der Waals surface area contributed by atoms with E-state index in [2.05, 4.69) is 116 Å². The predicted octanol–water partition coefficient (Wildman–Crippen LogP) is 10.3. The normalized spacial score (nSPS) is 12.6. The van der Waals surface area contributed by atoms with E-state index < -0.39 is 0 Å². The zero-order valence-electron chi connectivity index (χ0n) is 27.1. The van der Waals surface area contributed by atoms with E-state index >= 15 is 0 Å². The van der Waals surface area contributed by atoms with Crippen LogP contribution in [0.5, 0.6) is 0 Å². The number of nitrogens with zero attached hydrogens (tertiary/aromatic N) is 6. The van der Waals surface area contributed by atoms with Crippen molar-refractivity contribution in [3.8, 4) is 45.3 Å². The van der Waals surface area contributed by atoms with Crippen molar-refractivity contribution in [1.29, 1.82) is 0 Å². The van der Waals surface area contributed by atoms with Crippen molar-refractivity contribution in [1.82, 2.24) is 29.1 Å². The van der Waals surface area contributed by atoms with Gasteiger partial charge in [-0.05, 0) is 103 Å². The Balaban J connectivity index is 1.22. The number of hydrogen-bond acceptors (Lipinski definition) is 4. The molecule has 0 unspecified atom stereocenters. The summed E-state index contributed by atoms with van der Waals surface area (Å²) in [5, 5.41) is 3.55. The molecule has 1 aliphatic rings. The Labute approximate surface area is 288 Å². The minimum absolute atomic E-state index is 0.776. The third kappa shape index (κ3) is 4.49. The number of pyridine rings is 4. The summed E-state index contributed by atoms with van der Waals surface area (Å²) < 4.78 is 4.69. The molecule has 9 aromatic rings. The van der Waals surface area contributed by atoms with Gasteiger partial charge in [0.25, 0.3) is 0 Å². The van der Waals surface area contributed by atoms with Crippen LogP contribution in [0, 0.1) is 0 Å². The van der Waals surface area contributed by atoms with Gasteiger partial charge in [0.1, 0.15) is 5.65 Å². The van der Waals surface area contributed by atoms with Gasteiger partial charge in [-0.1, -0.05) is 60.7 Å². The summed E-state index contributed by atoms with van der Waals surface area (Å²) in [5.41, 5.74) is 13.5. The van der Waals surface area contributed by atoms with Gasteiger partial charge in [-0.2, -0.15) is 0 Å². The first kappa shape index (κ1) is 28.4. The molecule has 0 saturated carbocycles. The van der Waals surface area contributed by atoms with Crippen molar-refractivity contribution in [3.05, 3.63) is 163 Å². The molecular weight excluding hydrogens is 613 g/mol. The average molecular weight is 643 g/mol. The highest BCUT2D eigenvalue weighted by Crippen LogP contribution is 2.41. The molecule has 50 heavy (non-hydrogen) atoms. The summed E-state index contributed by atoms with van der Waals surface area (Å²) in [6.07, 6.45) is 12.2. The Morgan fingerprint density at radius 2 is 1.26 bits per heavy atom. The van der Waals surface area contributed by atoms with Crippen LogP contribution in [-0.2, 0) is 6.42 Å². The smallest absolute Gasteiger partial charge is 0.145 e. The molecule has 0 saturated heterocycles. The molecular formula is C44H30N6. The molecule has 0 radical (unpaired) electrons. The first-order chi connectivity index (χ1) is 24.8. The summed E-state index contributed by atoms with van der Waals surface area (Å²) in [6.45, 7) is 0. The highest BCUT2D eigenvalue weighted by molar-refractivity contribution is 6.10. The monoisotopic (exact) mass is 642 g/mol. The molecule has 6 heterocycles. The topological polar surface area (TPSA) is 61.4 Å². The fourth-order valence-corrected chi connectivity index (χ4v) is 7.57. The van der Waals surface area contributed by atoms with Crippen LogP contribution in [-0.4, -0.2) is 29.1 Å². The number of para-hydroxylation sites is 2. The third-order valence-corrected chi connectivity index (χ3v) is 9.75. The van der Waals surface area contributed by atoms with E-state index in [0.29, 0.717) is 0 Å². The fraction of sp³-hybridized carbons (Fsp3) is 0.0455. The summed E-state index contributed by atoms with van der Waals surface area (Å²) >= 11 is 0. The summed E-state index contributed by atoms with van der Waals surface area (Å²) in [4.78, 5) is 19.3.